The molecule has 0 aromatic carbocycles. The summed E-state index contributed by atoms with van der Waals surface area (Å²) in [6.45, 7) is 8.55. The van der Waals surface area contributed by atoms with Crippen molar-refractivity contribution >= 4 is 23.2 Å². The van der Waals surface area contributed by atoms with Crippen LogP contribution in [0, 0.1) is 0 Å². The molecule has 0 fully saturated rings. The Bertz CT molecular complexity index is 417. The van der Waals surface area contributed by atoms with Crippen LogP contribution in [0.1, 0.15) is 32.3 Å². The van der Waals surface area contributed by atoms with E-state index in [-0.39, 0.29) is 5.91 Å². The van der Waals surface area contributed by atoms with Gasteiger partial charge >= 0.3 is 0 Å². The summed E-state index contributed by atoms with van der Waals surface area (Å²) >= 11 is 1.71. The summed E-state index contributed by atoms with van der Waals surface area (Å²) in [5, 5.41) is 13.4. The number of nitrogens with zero attached hydrogens (tertiary/aromatic N) is 1. The lowest BCUT2D eigenvalue weighted by molar-refractivity contribution is -0.118. The maximum Gasteiger partial charge on any atom is 0.216 e. The maximum atomic E-state index is 10.8. The van der Waals surface area contributed by atoms with Gasteiger partial charge in [0.1, 0.15) is 0 Å². The zero-order valence-corrected chi connectivity index (χ0v) is 13.2. The van der Waals surface area contributed by atoms with E-state index in [2.05, 4.69) is 44.7 Å². The number of hydrogen-bond donors (Lipinski definition) is 3. The van der Waals surface area contributed by atoms with Crippen LogP contribution >= 0.6 is 11.3 Å². The van der Waals surface area contributed by atoms with Gasteiger partial charge in [0, 0.05) is 39.0 Å². The van der Waals surface area contributed by atoms with Crippen molar-refractivity contribution < 1.29 is 4.79 Å². The summed E-state index contributed by atoms with van der Waals surface area (Å²) < 4.78 is 0. The Morgan fingerprint density at radius 3 is 2.70 bits per heavy atom. The molecule has 0 aliphatic heterocycles. The average Bonchev–Trinajstić information content (AvgIpc) is 2.94. The molecule has 5 nitrogen and oxygen atoms in total. The van der Waals surface area contributed by atoms with Gasteiger partial charge in [0.2, 0.25) is 5.91 Å². The molecule has 1 aromatic rings. The molecule has 1 heterocycles. The van der Waals surface area contributed by atoms with E-state index in [0.29, 0.717) is 19.0 Å². The molecule has 0 saturated carbocycles. The molecular weight excluding hydrogens is 272 g/mol. The number of amides is 1. The first-order valence-corrected chi connectivity index (χ1v) is 7.86. The van der Waals surface area contributed by atoms with E-state index < -0.39 is 0 Å². The largest absolute Gasteiger partial charge is 0.357 e. The van der Waals surface area contributed by atoms with Crippen LogP contribution in [0.2, 0.25) is 0 Å². The molecule has 0 saturated heterocycles. The summed E-state index contributed by atoms with van der Waals surface area (Å²) in [5.74, 6) is 1.19. The van der Waals surface area contributed by atoms with Crippen molar-refractivity contribution in [3.63, 3.8) is 0 Å². The lowest BCUT2D eigenvalue weighted by Gasteiger charge is -2.13. The van der Waals surface area contributed by atoms with Gasteiger partial charge in [0.25, 0.3) is 0 Å². The summed E-state index contributed by atoms with van der Waals surface area (Å²) in [6.07, 6.45) is 0. The zero-order valence-electron chi connectivity index (χ0n) is 12.4. The summed E-state index contributed by atoms with van der Waals surface area (Å²) in [4.78, 5) is 15.3. The smallest absolute Gasteiger partial charge is 0.216 e. The number of hydrogen-bond acceptors (Lipinski definition) is 3. The molecule has 0 radical (unpaired) electrons. The topological polar surface area (TPSA) is 65.5 Å². The van der Waals surface area contributed by atoms with Gasteiger partial charge in [-0.1, -0.05) is 6.92 Å². The van der Waals surface area contributed by atoms with Crippen LogP contribution in [0.25, 0.3) is 0 Å². The monoisotopic (exact) mass is 296 g/mol. The Morgan fingerprint density at radius 1 is 1.35 bits per heavy atom. The zero-order chi connectivity index (χ0) is 14.8. The second-order valence-electron chi connectivity index (χ2n) is 4.59. The van der Waals surface area contributed by atoms with E-state index in [4.69, 9.17) is 0 Å². The Kier molecular flexibility index (Phi) is 7.72. The van der Waals surface area contributed by atoms with Gasteiger partial charge in [-0.05, 0) is 29.3 Å². The summed E-state index contributed by atoms with van der Waals surface area (Å²) in [6, 6.07) is 2.14. The van der Waals surface area contributed by atoms with E-state index in [0.717, 1.165) is 19.0 Å². The SMILES string of the molecule is CCNC(=NCC(C)c1ccsc1)NCCNC(C)=O. The molecule has 0 spiro atoms. The van der Waals surface area contributed by atoms with E-state index in [1.165, 1.54) is 12.5 Å². The second kappa shape index (κ2) is 9.36. The molecule has 0 bridgehead atoms. The van der Waals surface area contributed by atoms with Gasteiger partial charge < -0.3 is 16.0 Å². The Hall–Kier alpha value is -1.56. The molecule has 112 valence electrons. The lowest BCUT2D eigenvalue weighted by Crippen LogP contribution is -2.41. The first-order chi connectivity index (χ1) is 9.63. The fraction of sp³-hybridized carbons (Fsp3) is 0.571. The summed E-state index contributed by atoms with van der Waals surface area (Å²) in [7, 11) is 0. The molecule has 1 atom stereocenters. The number of guanidine groups is 1. The molecule has 0 aliphatic carbocycles. The minimum atomic E-state index is -0.0141. The van der Waals surface area contributed by atoms with Crippen LogP contribution in [0.5, 0.6) is 0 Å². The highest BCUT2D eigenvalue weighted by Gasteiger charge is 2.05. The number of nitrogens with one attached hydrogen (secondary N) is 3. The predicted molar refractivity (Wildman–Crippen MR) is 85.4 cm³/mol. The molecule has 3 N–H and O–H groups in total. The molecule has 1 unspecified atom stereocenters. The van der Waals surface area contributed by atoms with Crippen molar-refractivity contribution in [2.45, 2.75) is 26.7 Å². The Balaban J connectivity index is 2.39. The highest BCUT2D eigenvalue weighted by atomic mass is 32.1. The quantitative estimate of drug-likeness (QED) is 0.406. The molecule has 6 heteroatoms. The fourth-order valence-corrected chi connectivity index (χ4v) is 2.43. The molecule has 1 amide bonds. The fourth-order valence-electron chi connectivity index (χ4n) is 1.65. The number of carbonyl (C=O) groups excluding carboxylic acids is 1. The van der Waals surface area contributed by atoms with Gasteiger partial charge in [0.05, 0.1) is 0 Å². The highest BCUT2D eigenvalue weighted by molar-refractivity contribution is 7.07. The Labute approximate surface area is 124 Å². The number of aliphatic imine (C=N–C) groups is 1. The van der Waals surface area contributed by atoms with Crippen LogP contribution in [-0.4, -0.2) is 38.0 Å². The maximum absolute atomic E-state index is 10.8. The third-order valence-electron chi connectivity index (χ3n) is 2.77. The standard InChI is InChI=1S/C14H24N4OS/c1-4-15-14(17-7-6-16-12(3)19)18-9-11(2)13-5-8-20-10-13/h5,8,10-11H,4,6-7,9H2,1-3H3,(H,16,19)(H2,15,17,18). The van der Waals surface area contributed by atoms with Gasteiger partial charge in [-0.3, -0.25) is 9.79 Å². The van der Waals surface area contributed by atoms with Crippen LogP contribution in [0.15, 0.2) is 21.8 Å². The number of carbonyl (C=O) groups is 1. The van der Waals surface area contributed by atoms with E-state index in [1.54, 1.807) is 11.3 Å². The van der Waals surface area contributed by atoms with Crippen molar-refractivity contribution in [3.05, 3.63) is 22.4 Å². The number of thiophene rings is 1. The third-order valence-corrected chi connectivity index (χ3v) is 3.47. The van der Waals surface area contributed by atoms with Crippen molar-refractivity contribution in [2.24, 2.45) is 4.99 Å². The molecule has 0 aliphatic rings. The first kappa shape index (κ1) is 16.5. The first-order valence-electron chi connectivity index (χ1n) is 6.92. The molecular formula is C14H24N4OS. The van der Waals surface area contributed by atoms with E-state index in [9.17, 15) is 4.79 Å². The molecule has 1 aromatic heterocycles. The second-order valence-corrected chi connectivity index (χ2v) is 5.37. The number of rotatable bonds is 7. The Morgan fingerprint density at radius 2 is 2.10 bits per heavy atom. The van der Waals surface area contributed by atoms with E-state index >= 15 is 0 Å². The van der Waals surface area contributed by atoms with Gasteiger partial charge in [-0.2, -0.15) is 11.3 Å². The van der Waals surface area contributed by atoms with E-state index in [1.807, 2.05) is 6.92 Å². The van der Waals surface area contributed by atoms with Crippen molar-refractivity contribution in [1.29, 1.82) is 0 Å². The lowest BCUT2D eigenvalue weighted by atomic mass is 10.1. The van der Waals surface area contributed by atoms with Crippen LogP contribution < -0.4 is 16.0 Å². The van der Waals surface area contributed by atoms with Gasteiger partial charge in [-0.15, -0.1) is 0 Å². The van der Waals surface area contributed by atoms with Crippen LogP contribution in [0.3, 0.4) is 0 Å². The van der Waals surface area contributed by atoms with Gasteiger partial charge in [-0.25, -0.2) is 0 Å². The van der Waals surface area contributed by atoms with Crippen molar-refractivity contribution in [1.82, 2.24) is 16.0 Å². The molecule has 20 heavy (non-hydrogen) atoms. The predicted octanol–water partition coefficient (Wildman–Crippen LogP) is 1.54. The van der Waals surface area contributed by atoms with Crippen LogP contribution in [-0.2, 0) is 4.79 Å². The minimum Gasteiger partial charge on any atom is -0.357 e. The van der Waals surface area contributed by atoms with Crippen molar-refractivity contribution in [3.8, 4) is 0 Å². The third kappa shape index (κ3) is 6.56. The highest BCUT2D eigenvalue weighted by Crippen LogP contribution is 2.18. The van der Waals surface area contributed by atoms with Crippen molar-refractivity contribution in [2.75, 3.05) is 26.2 Å². The summed E-state index contributed by atoms with van der Waals surface area (Å²) in [5.41, 5.74) is 1.33. The van der Waals surface area contributed by atoms with Gasteiger partial charge in [0.15, 0.2) is 5.96 Å². The minimum absolute atomic E-state index is 0.0141. The average molecular weight is 296 g/mol. The normalized spacial score (nSPS) is 12.8. The molecule has 1 rings (SSSR count). The van der Waals surface area contributed by atoms with Crippen LogP contribution in [0.4, 0.5) is 0 Å².